The maximum atomic E-state index is 12.0. The van der Waals surface area contributed by atoms with E-state index in [9.17, 15) is 4.79 Å². The van der Waals surface area contributed by atoms with Crippen LogP contribution >= 0.6 is 0 Å². The Hall–Kier alpha value is -0.650. The summed E-state index contributed by atoms with van der Waals surface area (Å²) in [7, 11) is 1.88. The normalized spacial score (nSPS) is 23.8. The predicted molar refractivity (Wildman–Crippen MR) is 65.8 cm³/mol. The third kappa shape index (κ3) is 4.61. The SMILES string of the molecule is CNCCCC(=O)N1CC(CO)OC(C)(C)C1. The molecular weight excluding hydrogens is 220 g/mol. The molecular formula is C12H24N2O3. The molecule has 1 unspecified atom stereocenters. The van der Waals surface area contributed by atoms with Gasteiger partial charge in [0.1, 0.15) is 0 Å². The highest BCUT2D eigenvalue weighted by Gasteiger charge is 2.34. The van der Waals surface area contributed by atoms with Crippen LogP contribution in [0.2, 0.25) is 0 Å². The van der Waals surface area contributed by atoms with Crippen LogP contribution in [-0.2, 0) is 9.53 Å². The van der Waals surface area contributed by atoms with Gasteiger partial charge in [0.25, 0.3) is 0 Å². The highest BCUT2D eigenvalue weighted by molar-refractivity contribution is 5.76. The summed E-state index contributed by atoms with van der Waals surface area (Å²) in [6.45, 7) is 5.80. The molecule has 5 heteroatoms. The molecule has 0 aliphatic carbocycles. The molecule has 1 rings (SSSR count). The van der Waals surface area contributed by atoms with Gasteiger partial charge in [-0.3, -0.25) is 4.79 Å². The fourth-order valence-corrected chi connectivity index (χ4v) is 2.16. The van der Waals surface area contributed by atoms with Gasteiger partial charge in [-0.25, -0.2) is 0 Å². The highest BCUT2D eigenvalue weighted by Crippen LogP contribution is 2.21. The van der Waals surface area contributed by atoms with Crippen molar-refractivity contribution in [3.63, 3.8) is 0 Å². The average Bonchev–Trinajstić information content (AvgIpc) is 2.27. The summed E-state index contributed by atoms with van der Waals surface area (Å²) in [6, 6.07) is 0. The third-order valence-corrected chi connectivity index (χ3v) is 2.86. The molecule has 0 saturated carbocycles. The summed E-state index contributed by atoms with van der Waals surface area (Å²) in [5, 5.41) is 12.2. The van der Waals surface area contributed by atoms with E-state index < -0.39 is 0 Å². The van der Waals surface area contributed by atoms with E-state index in [1.165, 1.54) is 0 Å². The molecule has 1 fully saturated rings. The average molecular weight is 244 g/mol. The molecule has 100 valence electrons. The van der Waals surface area contributed by atoms with Gasteiger partial charge < -0.3 is 20.1 Å². The zero-order valence-electron chi connectivity index (χ0n) is 11.0. The zero-order valence-corrected chi connectivity index (χ0v) is 11.0. The number of carbonyl (C=O) groups excluding carboxylic acids is 1. The Morgan fingerprint density at radius 2 is 2.29 bits per heavy atom. The number of hydrogen-bond donors (Lipinski definition) is 2. The molecule has 0 aromatic heterocycles. The molecule has 1 aliphatic rings. The second-order valence-electron chi connectivity index (χ2n) is 5.16. The Balaban J connectivity index is 2.48. The van der Waals surface area contributed by atoms with Crippen molar-refractivity contribution in [2.24, 2.45) is 0 Å². The van der Waals surface area contributed by atoms with Gasteiger partial charge >= 0.3 is 0 Å². The number of ether oxygens (including phenoxy) is 1. The highest BCUT2D eigenvalue weighted by atomic mass is 16.5. The molecule has 0 bridgehead atoms. The smallest absolute Gasteiger partial charge is 0.222 e. The lowest BCUT2D eigenvalue weighted by molar-refractivity contribution is -0.166. The first kappa shape index (κ1) is 14.4. The van der Waals surface area contributed by atoms with Crippen molar-refractivity contribution in [1.29, 1.82) is 0 Å². The number of morpholine rings is 1. The lowest BCUT2D eigenvalue weighted by Gasteiger charge is -2.42. The van der Waals surface area contributed by atoms with Crippen LogP contribution in [0.15, 0.2) is 0 Å². The molecule has 1 saturated heterocycles. The first-order valence-electron chi connectivity index (χ1n) is 6.19. The molecule has 0 aromatic carbocycles. The standard InChI is InChI=1S/C12H24N2O3/c1-12(2)9-14(7-10(8-15)17-12)11(16)5-4-6-13-3/h10,13,15H,4-9H2,1-3H3. The molecule has 0 spiro atoms. The van der Waals surface area contributed by atoms with E-state index in [4.69, 9.17) is 9.84 Å². The first-order valence-corrected chi connectivity index (χ1v) is 6.19. The Labute approximate surface area is 103 Å². The predicted octanol–water partition coefficient (Wildman–Crippen LogP) is -0.0157. The summed E-state index contributed by atoms with van der Waals surface area (Å²) in [5.74, 6) is 0.148. The van der Waals surface area contributed by atoms with E-state index in [0.29, 0.717) is 19.5 Å². The van der Waals surface area contributed by atoms with Gasteiger partial charge in [0.15, 0.2) is 0 Å². The molecule has 17 heavy (non-hydrogen) atoms. The van der Waals surface area contributed by atoms with Crippen LogP contribution in [0.1, 0.15) is 26.7 Å². The first-order chi connectivity index (χ1) is 7.98. The molecule has 5 nitrogen and oxygen atoms in total. The van der Waals surface area contributed by atoms with Gasteiger partial charge in [0.05, 0.1) is 18.3 Å². The lowest BCUT2D eigenvalue weighted by Crippen LogP contribution is -2.55. The third-order valence-electron chi connectivity index (χ3n) is 2.86. The van der Waals surface area contributed by atoms with Crippen LogP contribution in [0.4, 0.5) is 0 Å². The Bertz CT molecular complexity index is 256. The molecule has 1 heterocycles. The maximum Gasteiger partial charge on any atom is 0.222 e. The Morgan fingerprint density at radius 1 is 1.59 bits per heavy atom. The van der Waals surface area contributed by atoms with Gasteiger partial charge in [-0.15, -0.1) is 0 Å². The summed E-state index contributed by atoms with van der Waals surface area (Å²) in [5.41, 5.74) is -0.371. The van der Waals surface area contributed by atoms with Gasteiger partial charge in [-0.1, -0.05) is 0 Å². The minimum atomic E-state index is -0.371. The van der Waals surface area contributed by atoms with Crippen LogP contribution in [0.5, 0.6) is 0 Å². The number of hydrogen-bond acceptors (Lipinski definition) is 4. The van der Waals surface area contributed by atoms with Crippen molar-refractivity contribution in [2.45, 2.75) is 38.4 Å². The number of nitrogens with zero attached hydrogens (tertiary/aromatic N) is 1. The minimum absolute atomic E-state index is 0.0380. The monoisotopic (exact) mass is 244 g/mol. The van der Waals surface area contributed by atoms with Crippen molar-refractivity contribution in [3.8, 4) is 0 Å². The minimum Gasteiger partial charge on any atom is -0.394 e. The summed E-state index contributed by atoms with van der Waals surface area (Å²) in [4.78, 5) is 13.8. The number of aliphatic hydroxyl groups is 1. The molecule has 0 radical (unpaired) electrons. The number of rotatable bonds is 5. The van der Waals surface area contributed by atoms with Crippen LogP contribution < -0.4 is 5.32 Å². The van der Waals surface area contributed by atoms with Crippen molar-refractivity contribution >= 4 is 5.91 Å². The second kappa shape index (κ2) is 6.33. The van der Waals surface area contributed by atoms with E-state index in [0.717, 1.165) is 13.0 Å². The van der Waals surface area contributed by atoms with Crippen molar-refractivity contribution in [2.75, 3.05) is 33.3 Å². The number of nitrogens with one attached hydrogen (secondary N) is 1. The van der Waals surface area contributed by atoms with Crippen molar-refractivity contribution < 1.29 is 14.6 Å². The van der Waals surface area contributed by atoms with Crippen LogP contribution in [0.25, 0.3) is 0 Å². The fraction of sp³-hybridized carbons (Fsp3) is 0.917. The van der Waals surface area contributed by atoms with E-state index >= 15 is 0 Å². The molecule has 2 N–H and O–H groups in total. The van der Waals surface area contributed by atoms with Crippen molar-refractivity contribution in [1.82, 2.24) is 10.2 Å². The largest absolute Gasteiger partial charge is 0.394 e. The Kier molecular flexibility index (Phi) is 5.36. The summed E-state index contributed by atoms with van der Waals surface area (Å²) in [6.07, 6.45) is 1.14. The van der Waals surface area contributed by atoms with E-state index in [-0.39, 0.29) is 24.2 Å². The Morgan fingerprint density at radius 3 is 2.88 bits per heavy atom. The molecule has 1 aliphatic heterocycles. The second-order valence-corrected chi connectivity index (χ2v) is 5.16. The van der Waals surface area contributed by atoms with Crippen LogP contribution in [-0.4, -0.2) is 60.9 Å². The zero-order chi connectivity index (χ0) is 12.9. The van der Waals surface area contributed by atoms with Gasteiger partial charge in [-0.05, 0) is 33.9 Å². The number of aliphatic hydroxyl groups excluding tert-OH is 1. The number of carbonyl (C=O) groups is 1. The van der Waals surface area contributed by atoms with Gasteiger partial charge in [0, 0.05) is 19.5 Å². The van der Waals surface area contributed by atoms with Gasteiger partial charge in [0.2, 0.25) is 5.91 Å². The molecule has 0 aromatic rings. The topological polar surface area (TPSA) is 61.8 Å². The van der Waals surface area contributed by atoms with E-state index in [1.54, 1.807) is 4.90 Å². The summed E-state index contributed by atoms with van der Waals surface area (Å²) < 4.78 is 5.67. The molecule has 1 amide bonds. The lowest BCUT2D eigenvalue weighted by atomic mass is 10.0. The van der Waals surface area contributed by atoms with Crippen LogP contribution in [0.3, 0.4) is 0 Å². The van der Waals surface area contributed by atoms with Crippen molar-refractivity contribution in [3.05, 3.63) is 0 Å². The summed E-state index contributed by atoms with van der Waals surface area (Å²) >= 11 is 0. The van der Waals surface area contributed by atoms with Crippen LogP contribution in [0, 0.1) is 0 Å². The molecule has 1 atom stereocenters. The fourth-order valence-electron chi connectivity index (χ4n) is 2.16. The van der Waals surface area contributed by atoms with E-state index in [2.05, 4.69) is 5.32 Å². The van der Waals surface area contributed by atoms with Gasteiger partial charge in [-0.2, -0.15) is 0 Å². The number of amides is 1. The van der Waals surface area contributed by atoms with E-state index in [1.807, 2.05) is 20.9 Å². The maximum absolute atomic E-state index is 12.0. The quantitative estimate of drug-likeness (QED) is 0.668.